The van der Waals surface area contributed by atoms with Crippen LogP contribution in [-0.4, -0.2) is 0 Å². The molecule has 0 nitrogen and oxygen atoms in total. The summed E-state index contributed by atoms with van der Waals surface area (Å²) in [5.41, 5.74) is 2.72. The highest BCUT2D eigenvalue weighted by Gasteiger charge is 2.06. The van der Waals surface area contributed by atoms with Crippen molar-refractivity contribution in [2.24, 2.45) is 0 Å². The van der Waals surface area contributed by atoms with E-state index in [2.05, 4.69) is 44.0 Å². The second kappa shape index (κ2) is 7.12. The van der Waals surface area contributed by atoms with Crippen molar-refractivity contribution >= 4 is 0 Å². The largest absolute Gasteiger partial charge is 0.119 e. The van der Waals surface area contributed by atoms with Crippen LogP contribution in [0.2, 0.25) is 0 Å². The molecule has 0 saturated heterocycles. The van der Waals surface area contributed by atoms with Gasteiger partial charge in [-0.25, -0.2) is 0 Å². The molecule has 86 valence electrons. The number of benzene rings is 1. The number of rotatable bonds is 6. The maximum Gasteiger partial charge on any atom is 0.0449 e. The summed E-state index contributed by atoms with van der Waals surface area (Å²) in [6.07, 6.45) is 11.5. The first-order valence-corrected chi connectivity index (χ1v) is 6.36. The van der Waals surface area contributed by atoms with Gasteiger partial charge in [-0.1, -0.05) is 56.9 Å². The van der Waals surface area contributed by atoms with E-state index in [0.29, 0.717) is 5.92 Å². The van der Waals surface area contributed by atoms with Gasteiger partial charge in [0.15, 0.2) is 0 Å². The molecule has 0 radical (unpaired) electrons. The average Bonchev–Trinajstić information content (AvgIpc) is 2.34. The van der Waals surface area contributed by atoms with E-state index in [9.17, 15) is 0 Å². The van der Waals surface area contributed by atoms with Gasteiger partial charge in [-0.05, 0) is 30.4 Å². The van der Waals surface area contributed by atoms with Gasteiger partial charge in [-0.15, -0.1) is 6.42 Å². The molecule has 1 unspecified atom stereocenters. The van der Waals surface area contributed by atoms with Gasteiger partial charge in [-0.3, -0.25) is 0 Å². The Balaban J connectivity index is 2.66. The second-order valence-electron chi connectivity index (χ2n) is 4.35. The number of unbranched alkanes of at least 4 members (excludes halogenated alkanes) is 1. The van der Waals surface area contributed by atoms with Crippen LogP contribution in [0.3, 0.4) is 0 Å². The third kappa shape index (κ3) is 3.74. The SMILES string of the molecule is C#CC(CCC)c1ccc(CCCC)cc1. The molecule has 0 aliphatic rings. The second-order valence-corrected chi connectivity index (χ2v) is 4.35. The normalized spacial score (nSPS) is 12.1. The molecule has 0 N–H and O–H groups in total. The molecule has 1 aromatic carbocycles. The lowest BCUT2D eigenvalue weighted by atomic mass is 9.94. The van der Waals surface area contributed by atoms with E-state index in [1.54, 1.807) is 0 Å². The number of hydrogen-bond donors (Lipinski definition) is 0. The van der Waals surface area contributed by atoms with Gasteiger partial charge in [0.25, 0.3) is 0 Å². The summed E-state index contributed by atoms with van der Waals surface area (Å²) in [6.45, 7) is 4.41. The van der Waals surface area contributed by atoms with Crippen LogP contribution in [0.5, 0.6) is 0 Å². The summed E-state index contributed by atoms with van der Waals surface area (Å²) in [5.74, 6) is 3.18. The third-order valence-electron chi connectivity index (χ3n) is 2.98. The first-order chi connectivity index (χ1) is 7.81. The Morgan fingerprint density at radius 1 is 1.12 bits per heavy atom. The third-order valence-corrected chi connectivity index (χ3v) is 2.98. The van der Waals surface area contributed by atoms with Crippen LogP contribution in [0.25, 0.3) is 0 Å². The number of hydrogen-bond acceptors (Lipinski definition) is 0. The molecule has 0 saturated carbocycles. The van der Waals surface area contributed by atoms with E-state index in [4.69, 9.17) is 6.42 Å². The molecular formula is C16H22. The maximum atomic E-state index is 5.56. The molecule has 0 aromatic heterocycles. The van der Waals surface area contributed by atoms with Gasteiger partial charge >= 0.3 is 0 Å². The molecule has 0 bridgehead atoms. The highest BCUT2D eigenvalue weighted by atomic mass is 14.1. The zero-order valence-corrected chi connectivity index (χ0v) is 10.5. The van der Waals surface area contributed by atoms with Crippen LogP contribution in [0.1, 0.15) is 56.6 Å². The highest BCUT2D eigenvalue weighted by Crippen LogP contribution is 2.21. The molecule has 1 atom stereocenters. The van der Waals surface area contributed by atoms with Crippen LogP contribution < -0.4 is 0 Å². The van der Waals surface area contributed by atoms with Gasteiger partial charge in [0.1, 0.15) is 0 Å². The minimum atomic E-state index is 0.297. The fraction of sp³-hybridized carbons (Fsp3) is 0.500. The summed E-state index contributed by atoms with van der Waals surface area (Å²) in [5, 5.41) is 0. The van der Waals surface area contributed by atoms with E-state index in [1.807, 2.05) is 0 Å². The van der Waals surface area contributed by atoms with Crippen molar-refractivity contribution in [3.63, 3.8) is 0 Å². The van der Waals surface area contributed by atoms with Crippen molar-refractivity contribution in [1.29, 1.82) is 0 Å². The van der Waals surface area contributed by atoms with Gasteiger partial charge in [0.2, 0.25) is 0 Å². The van der Waals surface area contributed by atoms with E-state index < -0.39 is 0 Å². The quantitative estimate of drug-likeness (QED) is 0.610. The highest BCUT2D eigenvalue weighted by molar-refractivity contribution is 5.29. The van der Waals surface area contributed by atoms with Gasteiger partial charge in [-0.2, -0.15) is 0 Å². The summed E-state index contributed by atoms with van der Waals surface area (Å²) in [7, 11) is 0. The molecule has 0 heterocycles. The molecule has 16 heavy (non-hydrogen) atoms. The fourth-order valence-electron chi connectivity index (χ4n) is 1.93. The monoisotopic (exact) mass is 214 g/mol. The van der Waals surface area contributed by atoms with Crippen molar-refractivity contribution in [3.05, 3.63) is 35.4 Å². The predicted octanol–water partition coefficient (Wildman–Crippen LogP) is 4.55. The van der Waals surface area contributed by atoms with Crippen molar-refractivity contribution in [1.82, 2.24) is 0 Å². The van der Waals surface area contributed by atoms with Crippen molar-refractivity contribution in [2.75, 3.05) is 0 Å². The molecule has 1 aromatic rings. The maximum absolute atomic E-state index is 5.56. The van der Waals surface area contributed by atoms with E-state index >= 15 is 0 Å². The molecule has 0 aliphatic carbocycles. The first-order valence-electron chi connectivity index (χ1n) is 6.36. The average molecular weight is 214 g/mol. The topological polar surface area (TPSA) is 0 Å². The Hall–Kier alpha value is -1.22. The van der Waals surface area contributed by atoms with Gasteiger partial charge < -0.3 is 0 Å². The van der Waals surface area contributed by atoms with Crippen LogP contribution in [0.15, 0.2) is 24.3 Å². The van der Waals surface area contributed by atoms with Crippen LogP contribution in [0.4, 0.5) is 0 Å². The standard InChI is InChI=1S/C16H22/c1-4-7-9-14-10-12-16(13-11-14)15(6-3)8-5-2/h3,10-13,15H,4-5,7-9H2,1-2H3. The first kappa shape index (κ1) is 12.8. The minimum Gasteiger partial charge on any atom is -0.119 e. The predicted molar refractivity (Wildman–Crippen MR) is 71.5 cm³/mol. The fourth-order valence-corrected chi connectivity index (χ4v) is 1.93. The Morgan fingerprint density at radius 3 is 2.31 bits per heavy atom. The van der Waals surface area contributed by atoms with E-state index in [1.165, 1.54) is 30.4 Å². The molecule has 0 aliphatic heterocycles. The lowest BCUT2D eigenvalue weighted by molar-refractivity contribution is 0.733. The van der Waals surface area contributed by atoms with Crippen LogP contribution in [0, 0.1) is 12.3 Å². The molecule has 0 amide bonds. The summed E-state index contributed by atoms with van der Waals surface area (Å²) in [4.78, 5) is 0. The Bertz CT molecular complexity index is 326. The van der Waals surface area contributed by atoms with Crippen molar-refractivity contribution < 1.29 is 0 Å². The van der Waals surface area contributed by atoms with Crippen LogP contribution in [-0.2, 0) is 6.42 Å². The van der Waals surface area contributed by atoms with Gasteiger partial charge in [0, 0.05) is 5.92 Å². The lowest BCUT2D eigenvalue weighted by Gasteiger charge is -2.10. The van der Waals surface area contributed by atoms with Crippen LogP contribution >= 0.6 is 0 Å². The van der Waals surface area contributed by atoms with E-state index in [-0.39, 0.29) is 0 Å². The molecule has 0 spiro atoms. The van der Waals surface area contributed by atoms with Crippen molar-refractivity contribution in [2.45, 2.75) is 51.9 Å². The van der Waals surface area contributed by atoms with Crippen molar-refractivity contribution in [3.8, 4) is 12.3 Å². The van der Waals surface area contributed by atoms with Gasteiger partial charge in [0.05, 0.1) is 0 Å². The zero-order valence-electron chi connectivity index (χ0n) is 10.5. The summed E-state index contributed by atoms with van der Waals surface area (Å²) < 4.78 is 0. The molecule has 0 fully saturated rings. The Morgan fingerprint density at radius 2 is 1.81 bits per heavy atom. The lowest BCUT2D eigenvalue weighted by Crippen LogP contribution is -1.95. The zero-order chi connectivity index (χ0) is 11.8. The summed E-state index contributed by atoms with van der Waals surface area (Å²) in [6, 6.07) is 8.85. The molecule has 0 heteroatoms. The van der Waals surface area contributed by atoms with E-state index in [0.717, 1.165) is 12.8 Å². The Kier molecular flexibility index (Phi) is 5.72. The summed E-state index contributed by atoms with van der Waals surface area (Å²) >= 11 is 0. The minimum absolute atomic E-state index is 0.297. The molecule has 1 rings (SSSR count). The number of aryl methyl sites for hydroxylation is 1. The Labute approximate surface area is 100 Å². The molecular weight excluding hydrogens is 192 g/mol. The smallest absolute Gasteiger partial charge is 0.0449 e. The number of terminal acetylenes is 1.